The number of nitrogens with one attached hydrogen (secondary N) is 1. The summed E-state index contributed by atoms with van der Waals surface area (Å²) in [5.41, 5.74) is 2.66. The molecule has 0 bridgehead atoms. The van der Waals surface area contributed by atoms with Crippen LogP contribution in [0.3, 0.4) is 0 Å². The lowest BCUT2D eigenvalue weighted by Gasteiger charge is -2.32. The molecule has 2 aromatic rings. The average molecular weight is 434 g/mol. The Morgan fingerprint density at radius 1 is 1.09 bits per heavy atom. The van der Waals surface area contributed by atoms with Crippen LogP contribution in [0.5, 0.6) is 0 Å². The maximum Gasteiger partial charge on any atom is 0.267 e. The molecule has 6 nitrogen and oxygen atoms in total. The minimum atomic E-state index is -0.982. The van der Waals surface area contributed by atoms with Crippen LogP contribution in [-0.2, 0) is 16.1 Å². The van der Waals surface area contributed by atoms with Crippen LogP contribution in [0.2, 0.25) is 0 Å². The van der Waals surface area contributed by atoms with Gasteiger partial charge in [-0.1, -0.05) is 47.6 Å². The van der Waals surface area contributed by atoms with Crippen molar-refractivity contribution in [1.82, 2.24) is 10.2 Å². The Bertz CT molecular complexity index is 979. The summed E-state index contributed by atoms with van der Waals surface area (Å²) in [6.07, 6.45) is 3.55. The van der Waals surface area contributed by atoms with Crippen LogP contribution < -0.4 is 5.32 Å². The molecule has 2 heterocycles. The van der Waals surface area contributed by atoms with Crippen LogP contribution in [0.25, 0.3) is 0 Å². The van der Waals surface area contributed by atoms with Crippen molar-refractivity contribution in [1.29, 1.82) is 0 Å². The molecule has 6 heteroatoms. The minimum absolute atomic E-state index is 0.0754. The van der Waals surface area contributed by atoms with E-state index < -0.39 is 5.60 Å². The van der Waals surface area contributed by atoms with Gasteiger partial charge in [0.1, 0.15) is 0 Å². The van der Waals surface area contributed by atoms with Crippen LogP contribution in [0.4, 0.5) is 0 Å². The van der Waals surface area contributed by atoms with E-state index in [1.165, 1.54) is 5.56 Å². The minimum Gasteiger partial charge on any atom is -0.379 e. The van der Waals surface area contributed by atoms with Gasteiger partial charge in [-0.25, -0.2) is 0 Å². The number of nitrogens with zero attached hydrogens (tertiary/aromatic N) is 2. The Hall–Kier alpha value is -3.15. The number of rotatable bonds is 6. The monoisotopic (exact) mass is 433 g/mol. The molecule has 1 atom stereocenters. The van der Waals surface area contributed by atoms with Gasteiger partial charge in [-0.15, -0.1) is 0 Å². The lowest BCUT2D eigenvalue weighted by atomic mass is 9.90. The van der Waals surface area contributed by atoms with Gasteiger partial charge < -0.3 is 15.1 Å². The van der Waals surface area contributed by atoms with Crippen molar-refractivity contribution in [2.75, 3.05) is 19.6 Å². The zero-order valence-corrected chi connectivity index (χ0v) is 18.8. The summed E-state index contributed by atoms with van der Waals surface area (Å²) in [6.45, 7) is 5.76. The predicted octanol–water partition coefficient (Wildman–Crippen LogP) is 3.80. The molecule has 2 amide bonds. The Kier molecular flexibility index (Phi) is 6.58. The standard InChI is InChI=1S/C26H31N3O3/c1-3-27-25(31)26(2)18-23(28-32-26)21-9-11-22(12-10-21)24(30)29-15-13-20(14-16-29)17-19-7-5-4-6-8-19/h4-12,20H,3,13-18H2,1-2H3,(H,27,31). The second kappa shape index (κ2) is 9.55. The zero-order chi connectivity index (χ0) is 22.6. The van der Waals surface area contributed by atoms with Gasteiger partial charge in [0, 0.05) is 31.6 Å². The van der Waals surface area contributed by atoms with Crippen molar-refractivity contribution in [3.8, 4) is 0 Å². The van der Waals surface area contributed by atoms with E-state index in [1.54, 1.807) is 6.92 Å². The summed E-state index contributed by atoms with van der Waals surface area (Å²) in [6, 6.07) is 18.0. The number of carbonyl (C=O) groups excluding carboxylic acids is 2. The third-order valence-electron chi connectivity index (χ3n) is 6.41. The van der Waals surface area contributed by atoms with E-state index >= 15 is 0 Å². The lowest BCUT2D eigenvalue weighted by molar-refractivity contribution is -0.141. The second-order valence-electron chi connectivity index (χ2n) is 8.90. The van der Waals surface area contributed by atoms with E-state index in [2.05, 4.69) is 34.7 Å². The van der Waals surface area contributed by atoms with Crippen molar-refractivity contribution >= 4 is 17.5 Å². The first-order chi connectivity index (χ1) is 15.5. The van der Waals surface area contributed by atoms with Gasteiger partial charge in [0.2, 0.25) is 5.60 Å². The van der Waals surface area contributed by atoms with Gasteiger partial charge in [-0.3, -0.25) is 9.59 Å². The summed E-state index contributed by atoms with van der Waals surface area (Å²) in [5, 5.41) is 6.92. The Balaban J connectivity index is 1.32. The van der Waals surface area contributed by atoms with Gasteiger partial charge in [0.15, 0.2) is 0 Å². The van der Waals surface area contributed by atoms with Gasteiger partial charge in [-0.05, 0) is 62.3 Å². The average Bonchev–Trinajstić information content (AvgIpc) is 3.24. The van der Waals surface area contributed by atoms with Gasteiger partial charge in [0.05, 0.1) is 5.71 Å². The topological polar surface area (TPSA) is 71.0 Å². The van der Waals surface area contributed by atoms with Gasteiger partial charge in [0.25, 0.3) is 11.8 Å². The highest BCUT2D eigenvalue weighted by Crippen LogP contribution is 2.27. The number of hydrogen-bond acceptors (Lipinski definition) is 4. The fraction of sp³-hybridized carbons (Fsp3) is 0.423. The zero-order valence-electron chi connectivity index (χ0n) is 18.8. The molecule has 0 spiro atoms. The molecule has 168 valence electrons. The van der Waals surface area contributed by atoms with Crippen molar-refractivity contribution < 1.29 is 14.4 Å². The highest BCUT2D eigenvalue weighted by atomic mass is 16.7. The maximum atomic E-state index is 13.0. The molecule has 2 aliphatic rings. The SMILES string of the molecule is CCNC(=O)C1(C)CC(c2ccc(C(=O)N3CCC(Cc4ccccc4)CC3)cc2)=NO1. The molecule has 0 aromatic heterocycles. The molecule has 2 aliphatic heterocycles. The molecule has 4 rings (SSSR count). The van der Waals surface area contributed by atoms with Crippen LogP contribution in [0, 0.1) is 5.92 Å². The number of carbonyl (C=O) groups is 2. The number of piperidine rings is 1. The van der Waals surface area contributed by atoms with E-state index in [0.717, 1.165) is 43.6 Å². The van der Waals surface area contributed by atoms with E-state index in [9.17, 15) is 9.59 Å². The third kappa shape index (κ3) is 4.85. The van der Waals surface area contributed by atoms with Crippen LogP contribution in [0.1, 0.15) is 54.6 Å². The third-order valence-corrected chi connectivity index (χ3v) is 6.41. The molecule has 2 aromatic carbocycles. The molecule has 0 radical (unpaired) electrons. The van der Waals surface area contributed by atoms with Crippen molar-refractivity contribution in [3.63, 3.8) is 0 Å². The fourth-order valence-electron chi connectivity index (χ4n) is 4.44. The highest BCUT2D eigenvalue weighted by molar-refractivity contribution is 6.06. The van der Waals surface area contributed by atoms with E-state index in [0.29, 0.717) is 24.4 Å². The molecule has 32 heavy (non-hydrogen) atoms. The van der Waals surface area contributed by atoms with Crippen LogP contribution >= 0.6 is 0 Å². The summed E-state index contributed by atoms with van der Waals surface area (Å²) >= 11 is 0. The highest BCUT2D eigenvalue weighted by Gasteiger charge is 2.41. The number of likely N-dealkylation sites (tertiary alicyclic amines) is 1. The number of oxime groups is 1. The first kappa shape index (κ1) is 22.1. The molecule has 0 aliphatic carbocycles. The molecular formula is C26H31N3O3. The lowest BCUT2D eigenvalue weighted by Crippen LogP contribution is -2.44. The summed E-state index contributed by atoms with van der Waals surface area (Å²) in [4.78, 5) is 32.6. The summed E-state index contributed by atoms with van der Waals surface area (Å²) in [5.74, 6) is 0.538. The second-order valence-corrected chi connectivity index (χ2v) is 8.90. The van der Waals surface area contributed by atoms with E-state index in [4.69, 9.17) is 4.84 Å². The van der Waals surface area contributed by atoms with Crippen molar-refractivity contribution in [3.05, 3.63) is 71.3 Å². The molecule has 1 N–H and O–H groups in total. The molecular weight excluding hydrogens is 402 g/mol. The van der Waals surface area contributed by atoms with Crippen LogP contribution in [-0.4, -0.2) is 47.7 Å². The van der Waals surface area contributed by atoms with Crippen molar-refractivity contribution in [2.45, 2.75) is 45.1 Å². The Morgan fingerprint density at radius 3 is 2.44 bits per heavy atom. The normalized spacial score (nSPS) is 21.1. The Labute approximate surface area is 189 Å². The molecule has 1 unspecified atom stereocenters. The number of hydrogen-bond donors (Lipinski definition) is 1. The van der Waals surface area contributed by atoms with E-state index in [-0.39, 0.29) is 11.8 Å². The Morgan fingerprint density at radius 2 is 1.78 bits per heavy atom. The first-order valence-corrected chi connectivity index (χ1v) is 11.5. The quantitative estimate of drug-likeness (QED) is 0.753. The number of benzene rings is 2. The predicted molar refractivity (Wildman–Crippen MR) is 125 cm³/mol. The molecule has 1 saturated heterocycles. The first-order valence-electron chi connectivity index (χ1n) is 11.5. The summed E-state index contributed by atoms with van der Waals surface area (Å²) in [7, 11) is 0. The maximum absolute atomic E-state index is 13.0. The molecule has 1 fully saturated rings. The van der Waals surface area contributed by atoms with Gasteiger partial charge in [-0.2, -0.15) is 0 Å². The number of amides is 2. The molecule has 0 saturated carbocycles. The van der Waals surface area contributed by atoms with Crippen molar-refractivity contribution in [2.24, 2.45) is 11.1 Å². The number of likely N-dealkylation sites (N-methyl/N-ethyl adjacent to an activating group) is 1. The summed E-state index contributed by atoms with van der Waals surface area (Å²) < 4.78 is 0. The van der Waals surface area contributed by atoms with Gasteiger partial charge >= 0.3 is 0 Å². The van der Waals surface area contributed by atoms with Crippen LogP contribution in [0.15, 0.2) is 59.8 Å². The van der Waals surface area contributed by atoms with E-state index in [1.807, 2.05) is 42.2 Å². The fourth-order valence-corrected chi connectivity index (χ4v) is 4.44. The smallest absolute Gasteiger partial charge is 0.267 e. The largest absolute Gasteiger partial charge is 0.379 e.